The summed E-state index contributed by atoms with van der Waals surface area (Å²) in [7, 11) is 1.58. The maximum Gasteiger partial charge on any atom is 0.410 e. The molecule has 1 aliphatic carbocycles. The Morgan fingerprint density at radius 1 is 1.37 bits per heavy atom. The van der Waals surface area contributed by atoms with Gasteiger partial charge in [-0.05, 0) is 33.6 Å². The van der Waals surface area contributed by atoms with Gasteiger partial charge in [0.2, 0.25) is 0 Å². The number of hydrogen-bond donors (Lipinski definition) is 0. The Labute approximate surface area is 160 Å². The molecule has 1 aromatic heterocycles. The van der Waals surface area contributed by atoms with Crippen molar-refractivity contribution in [3.8, 4) is 0 Å². The number of anilines is 1. The Morgan fingerprint density at radius 2 is 2.07 bits per heavy atom. The molecule has 2 atom stereocenters. The molecule has 0 bridgehead atoms. The normalized spacial score (nSPS) is 21.4. The van der Waals surface area contributed by atoms with Crippen LogP contribution in [0.1, 0.15) is 37.9 Å². The fraction of sp³-hybridized carbons (Fsp3) is 0.611. The summed E-state index contributed by atoms with van der Waals surface area (Å²) in [5.74, 6) is 0.472. The number of nitrogens with zero attached hydrogens (tertiary/aromatic N) is 4. The van der Waals surface area contributed by atoms with Crippen molar-refractivity contribution in [3.63, 3.8) is 0 Å². The predicted molar refractivity (Wildman–Crippen MR) is 103 cm³/mol. The van der Waals surface area contributed by atoms with E-state index >= 15 is 0 Å². The summed E-state index contributed by atoms with van der Waals surface area (Å²) in [6.07, 6.45) is 4.41. The Hall–Kier alpha value is -1.82. The number of rotatable bonds is 4. The van der Waals surface area contributed by atoms with Crippen molar-refractivity contribution in [1.82, 2.24) is 14.9 Å². The number of carbonyl (C=O) groups is 1. The molecule has 0 aromatic carbocycles. The van der Waals surface area contributed by atoms with Crippen molar-refractivity contribution in [2.45, 2.75) is 51.4 Å². The number of allylic oxidation sites excluding steroid dienone is 2. The molecular weight excluding hydrogens is 373 g/mol. The standard InChI is InChI=1S/C18H25F2N4O2P/c1-4-14(18(19,20)27)15-12(3)21-10-22-16(15)23-7-8-24(11(2)9-23)17(25)26-13-5-6-13/h4,10-11,13H,5-9,27H2,1-3H3/b14-4+. The molecule has 0 spiro atoms. The van der Waals surface area contributed by atoms with E-state index in [1.807, 2.05) is 11.8 Å². The average Bonchev–Trinajstić information content (AvgIpc) is 3.39. The van der Waals surface area contributed by atoms with Crippen LogP contribution >= 0.6 is 9.24 Å². The van der Waals surface area contributed by atoms with Gasteiger partial charge in [-0.25, -0.2) is 14.8 Å². The SMILES string of the molecule is C/C=C(\c1c(C)ncnc1N1CCN(C(=O)OC2CC2)C(C)C1)C(F)(F)P. The first-order chi connectivity index (χ1) is 12.7. The molecule has 6 nitrogen and oxygen atoms in total. The highest BCUT2D eigenvalue weighted by atomic mass is 31.0. The van der Waals surface area contributed by atoms with Gasteiger partial charge in [0.15, 0.2) is 0 Å². The van der Waals surface area contributed by atoms with Gasteiger partial charge in [-0.15, -0.1) is 0 Å². The molecule has 2 aliphatic rings. The summed E-state index contributed by atoms with van der Waals surface area (Å²) in [5.41, 5.74) is -2.36. The van der Waals surface area contributed by atoms with E-state index in [2.05, 4.69) is 9.97 Å². The quantitative estimate of drug-likeness (QED) is 0.727. The third-order valence-corrected chi connectivity index (χ3v) is 5.20. The smallest absolute Gasteiger partial charge is 0.410 e. The summed E-state index contributed by atoms with van der Waals surface area (Å²) in [4.78, 5) is 24.3. The van der Waals surface area contributed by atoms with Crippen molar-refractivity contribution in [1.29, 1.82) is 0 Å². The van der Waals surface area contributed by atoms with E-state index in [1.54, 1.807) is 28.0 Å². The lowest BCUT2D eigenvalue weighted by atomic mass is 10.0. The van der Waals surface area contributed by atoms with Crippen LogP contribution in [0.2, 0.25) is 0 Å². The fourth-order valence-corrected chi connectivity index (χ4v) is 3.65. The number of aromatic nitrogens is 2. The first-order valence-electron chi connectivity index (χ1n) is 9.10. The minimum atomic E-state index is -3.08. The molecule has 27 heavy (non-hydrogen) atoms. The van der Waals surface area contributed by atoms with Gasteiger partial charge >= 0.3 is 6.09 Å². The van der Waals surface area contributed by atoms with Gasteiger partial charge in [-0.2, -0.15) is 8.78 Å². The third-order valence-electron chi connectivity index (χ3n) is 4.89. The summed E-state index contributed by atoms with van der Waals surface area (Å²) in [6.45, 7) is 6.65. The topological polar surface area (TPSA) is 58.6 Å². The molecule has 0 N–H and O–H groups in total. The highest BCUT2D eigenvalue weighted by Crippen LogP contribution is 2.42. The summed E-state index contributed by atoms with van der Waals surface area (Å²) >= 11 is 0. The van der Waals surface area contributed by atoms with Gasteiger partial charge < -0.3 is 14.5 Å². The molecule has 0 radical (unpaired) electrons. The molecule has 2 unspecified atom stereocenters. The number of halogens is 2. The van der Waals surface area contributed by atoms with Crippen LogP contribution in [0.3, 0.4) is 0 Å². The van der Waals surface area contributed by atoms with Crippen LogP contribution in [0.5, 0.6) is 0 Å². The van der Waals surface area contributed by atoms with E-state index in [9.17, 15) is 13.6 Å². The second-order valence-corrected chi connectivity index (χ2v) is 7.78. The van der Waals surface area contributed by atoms with Crippen LogP contribution in [0.25, 0.3) is 5.57 Å². The molecule has 1 amide bonds. The van der Waals surface area contributed by atoms with Gasteiger partial charge in [-0.1, -0.05) is 15.3 Å². The van der Waals surface area contributed by atoms with Crippen molar-refractivity contribution >= 4 is 26.7 Å². The number of ether oxygens (including phenoxy) is 1. The van der Waals surface area contributed by atoms with Gasteiger partial charge in [0.1, 0.15) is 18.2 Å². The van der Waals surface area contributed by atoms with Gasteiger partial charge in [0, 0.05) is 36.8 Å². The van der Waals surface area contributed by atoms with E-state index in [4.69, 9.17) is 4.74 Å². The molecular formula is C18H25F2N4O2P. The molecule has 1 saturated carbocycles. The number of alkyl halides is 2. The zero-order valence-corrected chi connectivity index (χ0v) is 16.9. The van der Waals surface area contributed by atoms with Crippen LogP contribution in [-0.2, 0) is 4.74 Å². The lowest BCUT2D eigenvalue weighted by Gasteiger charge is -2.40. The minimum absolute atomic E-state index is 0.0559. The Morgan fingerprint density at radius 3 is 2.63 bits per heavy atom. The highest BCUT2D eigenvalue weighted by Gasteiger charge is 2.36. The number of carbonyl (C=O) groups excluding carboxylic acids is 1. The fourth-order valence-electron chi connectivity index (χ4n) is 3.34. The zero-order chi connectivity index (χ0) is 19.8. The summed E-state index contributed by atoms with van der Waals surface area (Å²) < 4.78 is 33.6. The summed E-state index contributed by atoms with van der Waals surface area (Å²) in [6, 6.07) is -0.112. The second kappa shape index (κ2) is 7.66. The zero-order valence-electron chi connectivity index (χ0n) is 15.8. The Kier molecular flexibility index (Phi) is 5.65. The first kappa shape index (κ1) is 19.9. The van der Waals surface area contributed by atoms with Crippen molar-refractivity contribution < 1.29 is 18.3 Å². The van der Waals surface area contributed by atoms with Crippen LogP contribution in [0, 0.1) is 6.92 Å². The molecule has 1 aromatic rings. The molecule has 2 fully saturated rings. The van der Waals surface area contributed by atoms with Crippen LogP contribution in [0.4, 0.5) is 19.4 Å². The molecule has 9 heteroatoms. The number of aryl methyl sites for hydroxylation is 1. The third kappa shape index (κ3) is 4.37. The monoisotopic (exact) mass is 398 g/mol. The van der Waals surface area contributed by atoms with Crippen LogP contribution in [0.15, 0.2) is 12.4 Å². The highest BCUT2D eigenvalue weighted by molar-refractivity contribution is 7.19. The van der Waals surface area contributed by atoms with E-state index < -0.39 is 5.66 Å². The lowest BCUT2D eigenvalue weighted by Crippen LogP contribution is -2.54. The largest absolute Gasteiger partial charge is 0.446 e. The first-order valence-corrected chi connectivity index (χ1v) is 9.67. The maximum absolute atomic E-state index is 14.1. The number of amides is 1. The minimum Gasteiger partial charge on any atom is -0.446 e. The van der Waals surface area contributed by atoms with E-state index in [0.29, 0.717) is 36.7 Å². The predicted octanol–water partition coefficient (Wildman–Crippen LogP) is 3.47. The van der Waals surface area contributed by atoms with Crippen molar-refractivity contribution in [2.75, 3.05) is 24.5 Å². The van der Waals surface area contributed by atoms with Crippen LogP contribution in [-0.4, -0.2) is 58.4 Å². The van der Waals surface area contributed by atoms with Crippen molar-refractivity contribution in [3.05, 3.63) is 23.7 Å². The number of hydrogen-bond acceptors (Lipinski definition) is 5. The number of piperazine rings is 1. The molecule has 1 aliphatic heterocycles. The summed E-state index contributed by atoms with van der Waals surface area (Å²) in [5, 5.41) is 0. The van der Waals surface area contributed by atoms with Gasteiger partial charge in [0.25, 0.3) is 5.66 Å². The van der Waals surface area contributed by atoms with Gasteiger partial charge in [-0.3, -0.25) is 0 Å². The van der Waals surface area contributed by atoms with Gasteiger partial charge in [0.05, 0.1) is 5.69 Å². The van der Waals surface area contributed by atoms with E-state index in [1.165, 1.54) is 12.4 Å². The molecule has 2 heterocycles. The second-order valence-electron chi connectivity index (χ2n) is 7.05. The maximum atomic E-state index is 14.1. The molecule has 148 valence electrons. The van der Waals surface area contributed by atoms with Crippen LogP contribution < -0.4 is 4.90 Å². The van der Waals surface area contributed by atoms with E-state index in [0.717, 1.165) is 12.8 Å². The lowest BCUT2D eigenvalue weighted by molar-refractivity contribution is 0.0792. The average molecular weight is 398 g/mol. The van der Waals surface area contributed by atoms with E-state index in [-0.39, 0.29) is 23.8 Å². The molecule has 3 rings (SSSR count). The van der Waals surface area contributed by atoms with Crippen molar-refractivity contribution in [2.24, 2.45) is 0 Å². The Balaban J connectivity index is 1.83. The Bertz CT molecular complexity index is 749. The molecule has 1 saturated heterocycles.